The number of carboxylic acid groups (broad SMARTS) is 1. The fourth-order valence-electron chi connectivity index (χ4n) is 4.77. The third-order valence-electron chi connectivity index (χ3n) is 7.38. The van der Waals surface area contributed by atoms with Crippen LogP contribution in [-0.4, -0.2) is 36.1 Å². The maximum absolute atomic E-state index is 10.8. The van der Waals surface area contributed by atoms with Gasteiger partial charge in [-0.3, -0.25) is 4.79 Å². The number of hydrogen-bond donors (Lipinski definition) is 1. The monoisotopic (exact) mass is 479 g/mol. The largest absolute Gasteiger partial charge is 0.481 e. The van der Waals surface area contributed by atoms with Crippen LogP contribution in [0.4, 0.5) is 0 Å². The van der Waals surface area contributed by atoms with E-state index in [4.69, 9.17) is 5.11 Å². The summed E-state index contributed by atoms with van der Waals surface area (Å²) >= 11 is 0. The summed E-state index contributed by atoms with van der Waals surface area (Å²) < 4.78 is 0. The van der Waals surface area contributed by atoms with E-state index in [0.717, 1.165) is 18.9 Å². The van der Waals surface area contributed by atoms with Crippen LogP contribution in [0.15, 0.2) is 12.2 Å². The smallest absolute Gasteiger partial charge is 0.306 e. The summed E-state index contributed by atoms with van der Waals surface area (Å²) in [4.78, 5) is 13.2. The molecule has 0 saturated carbocycles. The lowest BCUT2D eigenvalue weighted by atomic mass is 9.99. The van der Waals surface area contributed by atoms with Crippen LogP contribution >= 0.6 is 0 Å². The molecule has 0 saturated heterocycles. The highest BCUT2D eigenvalue weighted by molar-refractivity contribution is 5.69. The van der Waals surface area contributed by atoms with Crippen molar-refractivity contribution in [2.45, 2.75) is 161 Å². The van der Waals surface area contributed by atoms with Crippen LogP contribution in [0.5, 0.6) is 0 Å². The Morgan fingerprint density at radius 2 is 1.03 bits per heavy atom. The zero-order chi connectivity index (χ0) is 25.3. The van der Waals surface area contributed by atoms with Gasteiger partial charge in [0.25, 0.3) is 0 Å². The number of nitrogens with zero attached hydrogens (tertiary/aromatic N) is 1. The van der Waals surface area contributed by atoms with Crippen molar-refractivity contribution in [2.75, 3.05) is 14.1 Å². The fourth-order valence-corrected chi connectivity index (χ4v) is 4.77. The van der Waals surface area contributed by atoms with E-state index in [1.165, 1.54) is 128 Å². The minimum Gasteiger partial charge on any atom is -0.481 e. The van der Waals surface area contributed by atoms with Crippen LogP contribution in [0, 0.1) is 5.92 Å². The molecule has 0 aromatic rings. The van der Waals surface area contributed by atoms with Crippen molar-refractivity contribution in [1.29, 1.82) is 0 Å². The van der Waals surface area contributed by atoms with Gasteiger partial charge in [0.2, 0.25) is 0 Å². The van der Waals surface area contributed by atoms with Crippen molar-refractivity contribution >= 4 is 5.97 Å². The topological polar surface area (TPSA) is 40.5 Å². The van der Waals surface area contributed by atoms with Gasteiger partial charge in [-0.1, -0.05) is 122 Å². The van der Waals surface area contributed by atoms with Crippen molar-refractivity contribution in [1.82, 2.24) is 4.90 Å². The minimum absolute atomic E-state index is 0.181. The summed E-state index contributed by atoms with van der Waals surface area (Å²) in [5.74, 6) is -0.835. The van der Waals surface area contributed by atoms with E-state index in [0.29, 0.717) is 0 Å². The first kappa shape index (κ1) is 33.2. The first-order valence-electron chi connectivity index (χ1n) is 15.0. The summed E-state index contributed by atoms with van der Waals surface area (Å²) in [5, 5.41) is 8.88. The molecule has 2 atom stereocenters. The highest BCUT2D eigenvalue weighted by atomic mass is 16.4. The molecule has 34 heavy (non-hydrogen) atoms. The minimum atomic E-state index is -0.654. The van der Waals surface area contributed by atoms with E-state index < -0.39 is 5.97 Å². The fraction of sp³-hybridized carbons (Fsp3) is 0.903. The highest BCUT2D eigenvalue weighted by Crippen LogP contribution is 2.17. The molecule has 0 aliphatic heterocycles. The standard InChI is InChI=1S/C31H61NO2/c1-5-6-7-8-17-21-24-27-30(32(3)4)28-25-22-19-16-14-12-10-9-11-13-15-18-20-23-26-29(2)31(33)34/h10,12,29-30H,5-9,11,13-28H2,1-4H3,(H,33,34)/b12-10-. The number of aliphatic carboxylic acids is 1. The Hall–Kier alpha value is -0.830. The molecule has 0 aromatic heterocycles. The number of hydrogen-bond acceptors (Lipinski definition) is 2. The first-order chi connectivity index (χ1) is 16.5. The van der Waals surface area contributed by atoms with Gasteiger partial charge in [0.1, 0.15) is 0 Å². The molecular weight excluding hydrogens is 418 g/mol. The van der Waals surface area contributed by atoms with Crippen LogP contribution in [0.3, 0.4) is 0 Å². The van der Waals surface area contributed by atoms with Gasteiger partial charge in [0.15, 0.2) is 0 Å². The van der Waals surface area contributed by atoms with E-state index in [-0.39, 0.29) is 5.92 Å². The molecule has 0 fully saturated rings. The second-order valence-electron chi connectivity index (χ2n) is 10.9. The van der Waals surface area contributed by atoms with Crippen molar-refractivity contribution in [2.24, 2.45) is 5.92 Å². The van der Waals surface area contributed by atoms with Crippen molar-refractivity contribution < 1.29 is 9.90 Å². The Morgan fingerprint density at radius 3 is 1.44 bits per heavy atom. The molecule has 0 aromatic carbocycles. The SMILES string of the molecule is CCCCCCCCCC(CCCCCC/C=C\CCCCCCCCC(C)C(=O)O)N(C)C. The third-order valence-corrected chi connectivity index (χ3v) is 7.38. The predicted molar refractivity (Wildman–Crippen MR) is 151 cm³/mol. The number of carboxylic acids is 1. The van der Waals surface area contributed by atoms with Gasteiger partial charge in [-0.25, -0.2) is 0 Å². The van der Waals surface area contributed by atoms with Crippen LogP contribution in [0.25, 0.3) is 0 Å². The van der Waals surface area contributed by atoms with Gasteiger partial charge in [-0.05, 0) is 59.0 Å². The van der Waals surface area contributed by atoms with Gasteiger partial charge in [-0.2, -0.15) is 0 Å². The molecule has 0 radical (unpaired) electrons. The second-order valence-corrected chi connectivity index (χ2v) is 10.9. The van der Waals surface area contributed by atoms with E-state index in [2.05, 4.69) is 38.1 Å². The van der Waals surface area contributed by atoms with Gasteiger partial charge in [0.05, 0.1) is 5.92 Å². The molecule has 0 amide bonds. The molecule has 202 valence electrons. The van der Waals surface area contributed by atoms with Crippen LogP contribution < -0.4 is 0 Å². The van der Waals surface area contributed by atoms with E-state index in [1.807, 2.05) is 6.92 Å². The average Bonchev–Trinajstić information content (AvgIpc) is 2.81. The number of carbonyl (C=O) groups is 1. The van der Waals surface area contributed by atoms with Crippen LogP contribution in [0.2, 0.25) is 0 Å². The van der Waals surface area contributed by atoms with Crippen LogP contribution in [-0.2, 0) is 4.79 Å². The van der Waals surface area contributed by atoms with E-state index >= 15 is 0 Å². The summed E-state index contributed by atoms with van der Waals surface area (Å²) in [5.41, 5.74) is 0. The Kier molecular flexibility index (Phi) is 24.7. The maximum atomic E-state index is 10.8. The maximum Gasteiger partial charge on any atom is 0.306 e. The lowest BCUT2D eigenvalue weighted by molar-refractivity contribution is -0.141. The summed E-state index contributed by atoms with van der Waals surface area (Å²) in [6.07, 6.45) is 33.6. The number of unbranched alkanes of at least 4 members (excludes halogenated alkanes) is 16. The second kappa shape index (κ2) is 25.3. The molecule has 0 heterocycles. The third kappa shape index (κ3) is 22.9. The zero-order valence-corrected chi connectivity index (χ0v) is 23.7. The molecule has 2 unspecified atom stereocenters. The van der Waals surface area contributed by atoms with Crippen molar-refractivity contribution in [3.63, 3.8) is 0 Å². The highest BCUT2D eigenvalue weighted by Gasteiger charge is 2.10. The Morgan fingerprint density at radius 1 is 0.647 bits per heavy atom. The molecule has 1 N–H and O–H groups in total. The molecule has 3 nitrogen and oxygen atoms in total. The lowest BCUT2D eigenvalue weighted by Gasteiger charge is -2.24. The Labute approximate surface area is 214 Å². The summed E-state index contributed by atoms with van der Waals surface area (Å²) in [6, 6.07) is 0.781. The molecule has 0 aliphatic rings. The average molecular weight is 480 g/mol. The Balaban J connectivity index is 3.46. The number of rotatable bonds is 26. The normalized spacial score (nSPS) is 13.7. The molecule has 0 bridgehead atoms. The molecule has 0 aliphatic carbocycles. The summed E-state index contributed by atoms with van der Waals surface area (Å²) in [6.45, 7) is 4.11. The van der Waals surface area contributed by atoms with Crippen LogP contribution in [0.1, 0.15) is 155 Å². The molecule has 3 heteroatoms. The summed E-state index contributed by atoms with van der Waals surface area (Å²) in [7, 11) is 4.53. The quantitative estimate of drug-likeness (QED) is 0.0991. The Bertz CT molecular complexity index is 460. The van der Waals surface area contributed by atoms with E-state index in [1.54, 1.807) is 0 Å². The van der Waals surface area contributed by atoms with Crippen molar-refractivity contribution in [3.8, 4) is 0 Å². The molecular formula is C31H61NO2. The molecule has 0 spiro atoms. The lowest BCUT2D eigenvalue weighted by Crippen LogP contribution is -2.27. The van der Waals surface area contributed by atoms with Gasteiger partial charge < -0.3 is 10.0 Å². The number of allylic oxidation sites excluding steroid dienone is 2. The van der Waals surface area contributed by atoms with E-state index in [9.17, 15) is 4.79 Å². The van der Waals surface area contributed by atoms with Gasteiger partial charge >= 0.3 is 5.97 Å². The predicted octanol–water partition coefficient (Wildman–Crippen LogP) is 9.80. The van der Waals surface area contributed by atoms with Gasteiger partial charge in [0, 0.05) is 6.04 Å². The van der Waals surface area contributed by atoms with Gasteiger partial charge in [-0.15, -0.1) is 0 Å². The first-order valence-corrected chi connectivity index (χ1v) is 15.0. The zero-order valence-electron chi connectivity index (χ0n) is 23.7. The van der Waals surface area contributed by atoms with Crippen molar-refractivity contribution in [3.05, 3.63) is 12.2 Å². The molecule has 0 rings (SSSR count).